The highest BCUT2D eigenvalue weighted by molar-refractivity contribution is 6.34. The van der Waals surface area contributed by atoms with Gasteiger partial charge in [-0.15, -0.1) is 0 Å². The van der Waals surface area contributed by atoms with Crippen molar-refractivity contribution < 1.29 is 9.18 Å². The summed E-state index contributed by atoms with van der Waals surface area (Å²) in [5.41, 5.74) is 4.59. The summed E-state index contributed by atoms with van der Waals surface area (Å²) < 4.78 is 17.9. The summed E-state index contributed by atoms with van der Waals surface area (Å²) in [7, 11) is 1.87. The summed E-state index contributed by atoms with van der Waals surface area (Å²) in [4.78, 5) is 21.8. The molecule has 2 N–H and O–H groups in total. The standard InChI is InChI=1S/C25H21ClFN7O/c1-33-17(8-9-30-33)12-28-23-24-29-13-22(34(24)21-11-15(27)3-7-20(21)32-23)14-2-6-18(19(26)10-14)25(35)31-16-4-5-16/h2-3,6-11,13,16H,4-5,12H2,1H3,(H,28,32)(H,31,35). The lowest BCUT2D eigenvalue weighted by Gasteiger charge is -2.12. The number of amides is 1. The van der Waals surface area contributed by atoms with E-state index in [1.807, 2.05) is 23.6 Å². The highest BCUT2D eigenvalue weighted by Gasteiger charge is 2.25. The third kappa shape index (κ3) is 3.97. The van der Waals surface area contributed by atoms with Crippen LogP contribution in [0, 0.1) is 5.82 Å². The van der Waals surface area contributed by atoms with Crippen LogP contribution >= 0.6 is 11.6 Å². The molecule has 0 saturated heterocycles. The summed E-state index contributed by atoms with van der Waals surface area (Å²) in [6, 6.07) is 11.9. The topological polar surface area (TPSA) is 89.1 Å². The van der Waals surface area contributed by atoms with Crippen molar-refractivity contribution in [2.24, 2.45) is 7.05 Å². The first-order chi connectivity index (χ1) is 17.0. The van der Waals surface area contributed by atoms with Crippen LogP contribution in [-0.4, -0.2) is 36.1 Å². The molecular weight excluding hydrogens is 469 g/mol. The van der Waals surface area contributed by atoms with Gasteiger partial charge in [-0.25, -0.2) is 14.4 Å². The molecule has 0 radical (unpaired) electrons. The van der Waals surface area contributed by atoms with E-state index < -0.39 is 0 Å². The van der Waals surface area contributed by atoms with Crippen molar-refractivity contribution >= 4 is 40.0 Å². The molecular formula is C25H21ClFN7O. The lowest BCUT2D eigenvalue weighted by molar-refractivity contribution is 0.0951. The van der Waals surface area contributed by atoms with Gasteiger partial charge in [0.2, 0.25) is 0 Å². The van der Waals surface area contributed by atoms with Crippen LogP contribution in [0.25, 0.3) is 27.9 Å². The number of nitrogens with zero attached hydrogens (tertiary/aromatic N) is 5. The fourth-order valence-electron chi connectivity index (χ4n) is 4.12. The molecule has 1 aliphatic carbocycles. The van der Waals surface area contributed by atoms with Crippen LogP contribution < -0.4 is 10.6 Å². The van der Waals surface area contributed by atoms with E-state index in [2.05, 4.69) is 20.7 Å². The Balaban J connectivity index is 1.45. The monoisotopic (exact) mass is 489 g/mol. The Bertz CT molecular complexity index is 1600. The molecule has 3 heterocycles. The van der Waals surface area contributed by atoms with Crippen molar-refractivity contribution in [3.63, 3.8) is 0 Å². The van der Waals surface area contributed by atoms with Crippen molar-refractivity contribution in [2.45, 2.75) is 25.4 Å². The Morgan fingerprint density at radius 3 is 2.80 bits per heavy atom. The number of anilines is 1. The summed E-state index contributed by atoms with van der Waals surface area (Å²) in [5.74, 6) is 0.00428. The number of nitrogens with one attached hydrogen (secondary N) is 2. The molecule has 0 unspecified atom stereocenters. The second-order valence-corrected chi connectivity index (χ2v) is 9.05. The third-order valence-electron chi connectivity index (χ3n) is 6.17. The summed E-state index contributed by atoms with van der Waals surface area (Å²) in [5, 5.41) is 10.8. The smallest absolute Gasteiger partial charge is 0.253 e. The molecule has 176 valence electrons. The number of hydrogen-bond donors (Lipinski definition) is 2. The molecule has 0 bridgehead atoms. The molecule has 2 aromatic carbocycles. The maximum absolute atomic E-state index is 14.2. The summed E-state index contributed by atoms with van der Waals surface area (Å²) in [6.07, 6.45) is 5.43. The second-order valence-electron chi connectivity index (χ2n) is 8.64. The fourth-order valence-corrected chi connectivity index (χ4v) is 4.39. The van der Waals surface area contributed by atoms with Gasteiger partial charge in [-0.05, 0) is 43.2 Å². The molecule has 35 heavy (non-hydrogen) atoms. The normalized spacial score (nSPS) is 13.5. The van der Waals surface area contributed by atoms with E-state index in [1.165, 1.54) is 12.1 Å². The molecule has 1 fully saturated rings. The van der Waals surface area contributed by atoms with Crippen LogP contribution in [0.15, 0.2) is 54.9 Å². The van der Waals surface area contributed by atoms with Crippen molar-refractivity contribution in [1.82, 2.24) is 29.5 Å². The van der Waals surface area contributed by atoms with E-state index in [0.29, 0.717) is 45.3 Å². The zero-order valence-electron chi connectivity index (χ0n) is 18.8. The van der Waals surface area contributed by atoms with E-state index in [1.54, 1.807) is 35.3 Å². The first kappa shape index (κ1) is 21.5. The maximum Gasteiger partial charge on any atom is 0.253 e. The van der Waals surface area contributed by atoms with Crippen molar-refractivity contribution in [3.8, 4) is 11.3 Å². The van der Waals surface area contributed by atoms with Gasteiger partial charge in [-0.3, -0.25) is 13.9 Å². The number of fused-ring (bicyclic) bond motifs is 3. The molecule has 3 aromatic heterocycles. The molecule has 8 nitrogen and oxygen atoms in total. The van der Waals surface area contributed by atoms with Gasteiger partial charge in [0.1, 0.15) is 5.82 Å². The molecule has 1 amide bonds. The number of benzene rings is 2. The molecule has 0 atom stereocenters. The van der Waals surface area contributed by atoms with Crippen LogP contribution in [0.5, 0.6) is 0 Å². The number of aryl methyl sites for hydroxylation is 1. The lowest BCUT2D eigenvalue weighted by atomic mass is 10.1. The first-order valence-electron chi connectivity index (χ1n) is 11.3. The molecule has 6 rings (SSSR count). The van der Waals surface area contributed by atoms with Gasteiger partial charge in [0.25, 0.3) is 5.91 Å². The number of carbonyl (C=O) groups is 1. The number of imidazole rings is 1. The first-order valence-corrected chi connectivity index (χ1v) is 11.6. The van der Waals surface area contributed by atoms with Crippen LogP contribution in [0.2, 0.25) is 5.02 Å². The average Bonchev–Trinajstić information content (AvgIpc) is 3.37. The Morgan fingerprint density at radius 1 is 1.20 bits per heavy atom. The predicted octanol–water partition coefficient (Wildman–Crippen LogP) is 4.58. The van der Waals surface area contributed by atoms with E-state index >= 15 is 0 Å². The quantitative estimate of drug-likeness (QED) is 0.364. The van der Waals surface area contributed by atoms with Crippen molar-refractivity contribution in [3.05, 3.63) is 77.0 Å². The van der Waals surface area contributed by atoms with Gasteiger partial charge >= 0.3 is 0 Å². The van der Waals surface area contributed by atoms with E-state index in [9.17, 15) is 9.18 Å². The predicted molar refractivity (Wildman–Crippen MR) is 132 cm³/mol. The molecule has 10 heteroatoms. The molecule has 0 spiro atoms. The minimum Gasteiger partial charge on any atom is -0.361 e. The number of carbonyl (C=O) groups excluding carboxylic acids is 1. The Hall–Kier alpha value is -3.98. The number of halogens is 2. The molecule has 1 aliphatic rings. The fraction of sp³-hybridized carbons (Fsp3) is 0.200. The van der Waals surface area contributed by atoms with Crippen LogP contribution in [0.4, 0.5) is 10.2 Å². The molecule has 5 aromatic rings. The highest BCUT2D eigenvalue weighted by atomic mass is 35.5. The summed E-state index contributed by atoms with van der Waals surface area (Å²) in [6.45, 7) is 0.491. The van der Waals surface area contributed by atoms with Gasteiger partial charge in [0.15, 0.2) is 11.5 Å². The SMILES string of the molecule is Cn1nccc1CNc1nc2ccc(F)cc2n2c(-c3ccc(C(=O)NC4CC4)c(Cl)c3)cnc12. The van der Waals surface area contributed by atoms with Gasteiger partial charge in [0.05, 0.1) is 45.7 Å². The Morgan fingerprint density at radius 2 is 2.06 bits per heavy atom. The molecule has 1 saturated carbocycles. The van der Waals surface area contributed by atoms with E-state index in [-0.39, 0.29) is 17.8 Å². The number of hydrogen-bond acceptors (Lipinski definition) is 5. The largest absolute Gasteiger partial charge is 0.361 e. The number of aromatic nitrogens is 5. The summed E-state index contributed by atoms with van der Waals surface area (Å²) >= 11 is 6.51. The lowest BCUT2D eigenvalue weighted by Crippen LogP contribution is -2.25. The average molecular weight is 490 g/mol. The van der Waals surface area contributed by atoms with Gasteiger partial charge in [0, 0.05) is 30.9 Å². The Labute approximate surface area is 204 Å². The van der Waals surface area contributed by atoms with Crippen LogP contribution in [-0.2, 0) is 13.6 Å². The zero-order chi connectivity index (χ0) is 24.1. The zero-order valence-corrected chi connectivity index (χ0v) is 19.6. The van der Waals surface area contributed by atoms with Gasteiger partial charge < -0.3 is 10.6 Å². The molecule has 0 aliphatic heterocycles. The minimum absolute atomic E-state index is 0.180. The van der Waals surface area contributed by atoms with Crippen LogP contribution in [0.1, 0.15) is 28.9 Å². The maximum atomic E-state index is 14.2. The van der Waals surface area contributed by atoms with E-state index in [4.69, 9.17) is 16.6 Å². The second kappa shape index (κ2) is 8.35. The highest BCUT2D eigenvalue weighted by Crippen LogP contribution is 2.31. The van der Waals surface area contributed by atoms with Gasteiger partial charge in [-0.2, -0.15) is 5.10 Å². The van der Waals surface area contributed by atoms with E-state index in [0.717, 1.165) is 24.1 Å². The third-order valence-corrected chi connectivity index (χ3v) is 6.48. The van der Waals surface area contributed by atoms with Gasteiger partial charge in [-0.1, -0.05) is 17.7 Å². The van der Waals surface area contributed by atoms with Crippen molar-refractivity contribution in [1.29, 1.82) is 0 Å². The Kier molecular flexibility index (Phi) is 5.14. The number of rotatable bonds is 6. The van der Waals surface area contributed by atoms with Crippen molar-refractivity contribution in [2.75, 3.05) is 5.32 Å². The van der Waals surface area contributed by atoms with Crippen LogP contribution in [0.3, 0.4) is 0 Å². The minimum atomic E-state index is -0.374.